The molecule has 0 aliphatic rings. The first-order valence-electron chi connectivity index (χ1n) is 4.77. The minimum atomic E-state index is 0.555. The van der Waals surface area contributed by atoms with Crippen molar-refractivity contribution in [1.29, 1.82) is 0 Å². The number of rotatable bonds is 3. The van der Waals surface area contributed by atoms with Gasteiger partial charge in [0.2, 0.25) is 0 Å². The Morgan fingerprint density at radius 1 is 1.38 bits per heavy atom. The van der Waals surface area contributed by atoms with Crippen molar-refractivity contribution < 1.29 is 4.74 Å². The zero-order chi connectivity index (χ0) is 11.5. The summed E-state index contributed by atoms with van der Waals surface area (Å²) in [6.07, 6.45) is 0. The van der Waals surface area contributed by atoms with Gasteiger partial charge in [-0.15, -0.1) is 11.3 Å². The molecule has 4 heteroatoms. The van der Waals surface area contributed by atoms with E-state index in [4.69, 9.17) is 16.3 Å². The summed E-state index contributed by atoms with van der Waals surface area (Å²) < 4.78 is 6.76. The molecular weight excluding hydrogens is 308 g/mol. The lowest BCUT2D eigenvalue weighted by Gasteiger charge is -2.07. The number of halogens is 2. The van der Waals surface area contributed by atoms with Gasteiger partial charge in [-0.25, -0.2) is 0 Å². The zero-order valence-electron chi connectivity index (χ0n) is 8.67. The Balaban J connectivity index is 2.07. The van der Waals surface area contributed by atoms with Crippen LogP contribution in [0.2, 0.25) is 5.02 Å². The van der Waals surface area contributed by atoms with E-state index in [1.54, 1.807) is 11.3 Å². The van der Waals surface area contributed by atoms with Crippen LogP contribution in [0.25, 0.3) is 0 Å². The van der Waals surface area contributed by atoms with Gasteiger partial charge in [-0.05, 0) is 46.6 Å². The summed E-state index contributed by atoms with van der Waals surface area (Å²) in [5.41, 5.74) is 1.15. The first kappa shape index (κ1) is 12.0. The quantitative estimate of drug-likeness (QED) is 0.769. The first-order valence-corrected chi connectivity index (χ1v) is 6.82. The lowest BCUT2D eigenvalue weighted by molar-refractivity contribution is 0.310. The average molecular weight is 318 g/mol. The number of hydrogen-bond donors (Lipinski definition) is 0. The molecule has 1 aromatic carbocycles. The van der Waals surface area contributed by atoms with Gasteiger partial charge in [0.15, 0.2) is 0 Å². The van der Waals surface area contributed by atoms with E-state index < -0.39 is 0 Å². The molecule has 2 rings (SSSR count). The molecule has 1 nitrogen and oxygen atoms in total. The number of thiophene rings is 1. The predicted octanol–water partition coefficient (Wildman–Crippen LogP) is 5.05. The van der Waals surface area contributed by atoms with E-state index in [1.807, 2.05) is 36.6 Å². The molecule has 16 heavy (non-hydrogen) atoms. The van der Waals surface area contributed by atoms with Crippen molar-refractivity contribution in [2.24, 2.45) is 0 Å². The fraction of sp³-hybridized carbons (Fsp3) is 0.167. The normalized spacial score (nSPS) is 10.4. The minimum Gasteiger partial charge on any atom is -0.486 e. The predicted molar refractivity (Wildman–Crippen MR) is 72.5 cm³/mol. The lowest BCUT2D eigenvalue weighted by atomic mass is 10.2. The van der Waals surface area contributed by atoms with Gasteiger partial charge in [-0.3, -0.25) is 0 Å². The summed E-state index contributed by atoms with van der Waals surface area (Å²) >= 11 is 11.1. The second kappa shape index (κ2) is 5.21. The van der Waals surface area contributed by atoms with Crippen molar-refractivity contribution in [3.8, 4) is 5.75 Å². The molecular formula is C12H10BrClOS. The lowest BCUT2D eigenvalue weighted by Crippen LogP contribution is -1.93. The van der Waals surface area contributed by atoms with E-state index in [0.29, 0.717) is 11.6 Å². The molecule has 1 aromatic heterocycles. The Labute approximate surface area is 112 Å². The van der Waals surface area contributed by atoms with Gasteiger partial charge >= 0.3 is 0 Å². The van der Waals surface area contributed by atoms with Gasteiger partial charge < -0.3 is 4.74 Å². The fourth-order valence-corrected chi connectivity index (χ4v) is 2.83. The molecule has 0 N–H and O–H groups in total. The maximum absolute atomic E-state index is 6.04. The standard InChI is InChI=1S/C12H10BrClOS/c1-8-2-3-11(14)12(4-8)15-6-10-5-9(13)7-16-10/h2-5,7H,6H2,1H3. The van der Waals surface area contributed by atoms with E-state index in [-0.39, 0.29) is 0 Å². The molecule has 0 aliphatic heterocycles. The van der Waals surface area contributed by atoms with Gasteiger partial charge in [-0.1, -0.05) is 17.7 Å². The highest BCUT2D eigenvalue weighted by atomic mass is 79.9. The van der Waals surface area contributed by atoms with E-state index >= 15 is 0 Å². The molecule has 0 radical (unpaired) electrons. The van der Waals surface area contributed by atoms with Crippen molar-refractivity contribution in [3.05, 3.63) is 49.6 Å². The van der Waals surface area contributed by atoms with Crippen molar-refractivity contribution in [2.45, 2.75) is 13.5 Å². The molecule has 0 amide bonds. The van der Waals surface area contributed by atoms with Crippen LogP contribution in [0.1, 0.15) is 10.4 Å². The van der Waals surface area contributed by atoms with Crippen LogP contribution in [0.5, 0.6) is 5.75 Å². The van der Waals surface area contributed by atoms with E-state index in [2.05, 4.69) is 15.9 Å². The van der Waals surface area contributed by atoms with Crippen molar-refractivity contribution in [1.82, 2.24) is 0 Å². The van der Waals surface area contributed by atoms with Gasteiger partial charge in [-0.2, -0.15) is 0 Å². The topological polar surface area (TPSA) is 9.23 Å². The van der Waals surface area contributed by atoms with Gasteiger partial charge in [0.25, 0.3) is 0 Å². The summed E-state index contributed by atoms with van der Waals surface area (Å²) in [4.78, 5) is 1.17. The summed E-state index contributed by atoms with van der Waals surface area (Å²) in [5.74, 6) is 0.742. The summed E-state index contributed by atoms with van der Waals surface area (Å²) in [6.45, 7) is 2.57. The second-order valence-electron chi connectivity index (χ2n) is 3.45. The highest BCUT2D eigenvalue weighted by Crippen LogP contribution is 2.27. The molecule has 2 aromatic rings. The van der Waals surface area contributed by atoms with Gasteiger partial charge in [0, 0.05) is 14.7 Å². The first-order chi connectivity index (χ1) is 7.65. The average Bonchev–Trinajstić information content (AvgIpc) is 2.66. The molecule has 1 heterocycles. The molecule has 0 aliphatic carbocycles. The Morgan fingerprint density at radius 3 is 2.88 bits per heavy atom. The smallest absolute Gasteiger partial charge is 0.138 e. The van der Waals surface area contributed by atoms with Crippen LogP contribution in [-0.2, 0) is 6.61 Å². The zero-order valence-corrected chi connectivity index (χ0v) is 11.8. The number of ether oxygens (including phenoxy) is 1. The molecule has 84 valence electrons. The Bertz CT molecular complexity index is 496. The van der Waals surface area contributed by atoms with E-state index in [9.17, 15) is 0 Å². The minimum absolute atomic E-state index is 0.555. The van der Waals surface area contributed by atoms with Crippen LogP contribution in [0.4, 0.5) is 0 Å². The van der Waals surface area contributed by atoms with E-state index in [1.165, 1.54) is 4.88 Å². The second-order valence-corrected chi connectivity index (χ2v) is 5.77. The SMILES string of the molecule is Cc1ccc(Cl)c(OCc2cc(Br)cs2)c1. The number of aryl methyl sites for hydroxylation is 1. The Morgan fingerprint density at radius 2 is 2.19 bits per heavy atom. The third kappa shape index (κ3) is 3.00. The Kier molecular flexibility index (Phi) is 3.90. The molecule has 0 atom stereocenters. The molecule has 0 spiro atoms. The van der Waals surface area contributed by atoms with Crippen LogP contribution in [0.15, 0.2) is 34.1 Å². The fourth-order valence-electron chi connectivity index (χ4n) is 1.30. The highest BCUT2D eigenvalue weighted by molar-refractivity contribution is 9.10. The molecule has 0 bridgehead atoms. The number of hydrogen-bond acceptors (Lipinski definition) is 2. The van der Waals surface area contributed by atoms with E-state index in [0.717, 1.165) is 15.8 Å². The number of benzene rings is 1. The third-order valence-electron chi connectivity index (χ3n) is 2.08. The highest BCUT2D eigenvalue weighted by Gasteiger charge is 2.03. The molecule has 0 fully saturated rings. The van der Waals surface area contributed by atoms with Gasteiger partial charge in [0.05, 0.1) is 5.02 Å². The van der Waals surface area contributed by atoms with Crippen LogP contribution in [-0.4, -0.2) is 0 Å². The monoisotopic (exact) mass is 316 g/mol. The van der Waals surface area contributed by atoms with Crippen molar-refractivity contribution >= 4 is 38.9 Å². The largest absolute Gasteiger partial charge is 0.486 e. The van der Waals surface area contributed by atoms with Crippen LogP contribution in [0.3, 0.4) is 0 Å². The maximum atomic E-state index is 6.04. The summed E-state index contributed by atoms with van der Waals surface area (Å²) in [6, 6.07) is 7.83. The van der Waals surface area contributed by atoms with Gasteiger partial charge in [0.1, 0.15) is 12.4 Å². The third-order valence-corrected chi connectivity index (χ3v) is 4.06. The summed E-state index contributed by atoms with van der Waals surface area (Å²) in [7, 11) is 0. The van der Waals surface area contributed by atoms with Crippen LogP contribution in [0, 0.1) is 6.92 Å². The molecule has 0 saturated heterocycles. The molecule has 0 unspecified atom stereocenters. The van der Waals surface area contributed by atoms with Crippen molar-refractivity contribution in [3.63, 3.8) is 0 Å². The molecule has 0 saturated carbocycles. The Hall–Kier alpha value is -0.510. The van der Waals surface area contributed by atoms with Crippen molar-refractivity contribution in [2.75, 3.05) is 0 Å². The summed E-state index contributed by atoms with van der Waals surface area (Å²) in [5, 5.41) is 2.69. The maximum Gasteiger partial charge on any atom is 0.138 e. The van der Waals surface area contributed by atoms with Crippen LogP contribution < -0.4 is 4.74 Å². The van der Waals surface area contributed by atoms with Crippen LogP contribution >= 0.6 is 38.9 Å².